The van der Waals surface area contributed by atoms with Crippen molar-refractivity contribution >= 4 is 21.5 Å². The molecule has 0 bridgehead atoms. The van der Waals surface area contributed by atoms with Crippen molar-refractivity contribution in [1.29, 1.82) is 0 Å². The topological polar surface area (TPSA) is 84.0 Å². The number of sulfone groups is 1. The molecule has 2 N–H and O–H groups in total. The first-order valence-electron chi connectivity index (χ1n) is 7.61. The van der Waals surface area contributed by atoms with E-state index in [0.29, 0.717) is 12.2 Å². The molecule has 1 aromatic heterocycles. The van der Waals surface area contributed by atoms with Gasteiger partial charge < -0.3 is 10.6 Å². The van der Waals surface area contributed by atoms with Gasteiger partial charge in [0.15, 0.2) is 9.84 Å². The van der Waals surface area contributed by atoms with Crippen molar-refractivity contribution in [2.24, 2.45) is 0 Å². The zero-order valence-corrected chi connectivity index (χ0v) is 13.5. The molecule has 0 radical (unpaired) electrons. The van der Waals surface area contributed by atoms with Crippen LogP contribution in [0.25, 0.3) is 0 Å². The molecule has 6 nitrogen and oxygen atoms in total. The minimum absolute atomic E-state index is 0.0431. The van der Waals surface area contributed by atoms with E-state index in [1.165, 1.54) is 0 Å². The molecule has 21 heavy (non-hydrogen) atoms. The molecule has 2 rings (SSSR count). The number of aryl methyl sites for hydroxylation is 1. The summed E-state index contributed by atoms with van der Waals surface area (Å²) in [7, 11) is -2.88. The highest BCUT2D eigenvalue weighted by molar-refractivity contribution is 7.91. The van der Waals surface area contributed by atoms with Crippen LogP contribution >= 0.6 is 0 Å². The largest absolute Gasteiger partial charge is 0.370 e. The summed E-state index contributed by atoms with van der Waals surface area (Å²) in [4.78, 5) is 8.97. The Morgan fingerprint density at radius 1 is 1.24 bits per heavy atom. The summed E-state index contributed by atoms with van der Waals surface area (Å²) in [5, 5.41) is 6.51. The molecule has 1 atom stereocenters. The number of hydrogen-bond donors (Lipinski definition) is 2. The second kappa shape index (κ2) is 7.06. The third-order valence-electron chi connectivity index (χ3n) is 3.39. The molecule has 2 heterocycles. The molecule has 7 heteroatoms. The first kappa shape index (κ1) is 16.0. The lowest BCUT2D eigenvalue weighted by molar-refractivity contribution is 0.602. The predicted octanol–water partition coefficient (Wildman–Crippen LogP) is 1.85. The Morgan fingerprint density at radius 2 is 2.00 bits per heavy atom. The number of nitrogens with one attached hydrogen (secondary N) is 2. The molecule has 1 aromatic rings. The van der Waals surface area contributed by atoms with E-state index in [1.807, 2.05) is 6.07 Å². The third kappa shape index (κ3) is 4.84. The molecule has 0 saturated carbocycles. The van der Waals surface area contributed by atoms with Crippen LogP contribution in [0.15, 0.2) is 6.07 Å². The number of nitrogens with zero attached hydrogens (tertiary/aromatic N) is 2. The Labute approximate surface area is 126 Å². The number of rotatable bonds is 7. The monoisotopic (exact) mass is 312 g/mol. The Morgan fingerprint density at radius 3 is 2.62 bits per heavy atom. The lowest BCUT2D eigenvalue weighted by Crippen LogP contribution is -2.22. The minimum atomic E-state index is -2.88. The second-order valence-corrected chi connectivity index (χ2v) is 7.70. The molecule has 0 aliphatic carbocycles. The first-order valence-corrected chi connectivity index (χ1v) is 9.43. The molecule has 1 fully saturated rings. The molecule has 0 spiro atoms. The van der Waals surface area contributed by atoms with Gasteiger partial charge in [-0.3, -0.25) is 0 Å². The van der Waals surface area contributed by atoms with Crippen LogP contribution in [-0.2, 0) is 16.3 Å². The van der Waals surface area contributed by atoms with Gasteiger partial charge in [-0.25, -0.2) is 18.4 Å². The lowest BCUT2D eigenvalue weighted by atomic mass is 10.2. The zero-order valence-electron chi connectivity index (χ0n) is 12.7. The van der Waals surface area contributed by atoms with Crippen LogP contribution in [0.3, 0.4) is 0 Å². The first-order chi connectivity index (χ1) is 10.0. The van der Waals surface area contributed by atoms with E-state index >= 15 is 0 Å². The maximum Gasteiger partial charge on any atom is 0.152 e. The Balaban J connectivity index is 2.11. The SMILES string of the molecule is CCCNc1cc(NC2CCS(=O)(=O)C2)nc(CCC)n1. The third-order valence-corrected chi connectivity index (χ3v) is 5.15. The standard InChI is InChI=1S/C14H24N4O2S/c1-3-5-12-17-13(15-7-4-2)9-14(18-12)16-11-6-8-21(19,20)10-11/h9,11H,3-8,10H2,1-2H3,(H2,15,16,17,18). The van der Waals surface area contributed by atoms with E-state index in [-0.39, 0.29) is 17.5 Å². The Kier molecular flexibility index (Phi) is 5.39. The van der Waals surface area contributed by atoms with Gasteiger partial charge in [-0.2, -0.15) is 0 Å². The predicted molar refractivity (Wildman–Crippen MR) is 85.5 cm³/mol. The van der Waals surface area contributed by atoms with Gasteiger partial charge in [0.1, 0.15) is 17.5 Å². The molecule has 1 unspecified atom stereocenters. The summed E-state index contributed by atoms with van der Waals surface area (Å²) >= 11 is 0. The van der Waals surface area contributed by atoms with Crippen LogP contribution in [-0.4, -0.2) is 42.5 Å². The summed E-state index contributed by atoms with van der Waals surface area (Å²) in [5.41, 5.74) is 0. The van der Waals surface area contributed by atoms with Gasteiger partial charge in [0, 0.05) is 25.1 Å². The summed E-state index contributed by atoms with van der Waals surface area (Å²) < 4.78 is 23.0. The van der Waals surface area contributed by atoms with Crippen LogP contribution in [0.5, 0.6) is 0 Å². The van der Waals surface area contributed by atoms with Crippen molar-refractivity contribution in [3.05, 3.63) is 11.9 Å². The lowest BCUT2D eigenvalue weighted by Gasteiger charge is -2.14. The van der Waals surface area contributed by atoms with E-state index < -0.39 is 9.84 Å². The fourth-order valence-corrected chi connectivity index (χ4v) is 4.04. The molecule has 1 aliphatic heterocycles. The van der Waals surface area contributed by atoms with Gasteiger partial charge >= 0.3 is 0 Å². The summed E-state index contributed by atoms with van der Waals surface area (Å²) in [6.07, 6.45) is 3.47. The maximum atomic E-state index is 11.5. The molecule has 1 saturated heterocycles. The maximum absolute atomic E-state index is 11.5. The van der Waals surface area contributed by atoms with Crippen molar-refractivity contribution < 1.29 is 8.42 Å². The van der Waals surface area contributed by atoms with Crippen LogP contribution < -0.4 is 10.6 Å². The van der Waals surface area contributed by atoms with Crippen molar-refractivity contribution in [1.82, 2.24) is 9.97 Å². The zero-order chi connectivity index (χ0) is 15.3. The summed E-state index contributed by atoms with van der Waals surface area (Å²) in [6, 6.07) is 1.82. The van der Waals surface area contributed by atoms with Gasteiger partial charge in [0.05, 0.1) is 11.5 Å². The Hall–Kier alpha value is -1.37. The highest BCUT2D eigenvalue weighted by Crippen LogP contribution is 2.18. The van der Waals surface area contributed by atoms with Gasteiger partial charge in [0.2, 0.25) is 0 Å². The van der Waals surface area contributed by atoms with Crippen molar-refractivity contribution in [3.8, 4) is 0 Å². The highest BCUT2D eigenvalue weighted by atomic mass is 32.2. The molecular formula is C14H24N4O2S. The second-order valence-electron chi connectivity index (χ2n) is 5.48. The van der Waals surface area contributed by atoms with E-state index in [4.69, 9.17) is 0 Å². The van der Waals surface area contributed by atoms with Crippen molar-refractivity contribution in [3.63, 3.8) is 0 Å². The Bertz CT molecular complexity index is 574. The van der Waals surface area contributed by atoms with Gasteiger partial charge in [-0.05, 0) is 19.3 Å². The number of anilines is 2. The fraction of sp³-hybridized carbons (Fsp3) is 0.714. The highest BCUT2D eigenvalue weighted by Gasteiger charge is 2.28. The van der Waals surface area contributed by atoms with Crippen LogP contribution in [0.2, 0.25) is 0 Å². The number of hydrogen-bond acceptors (Lipinski definition) is 6. The average Bonchev–Trinajstić information content (AvgIpc) is 2.76. The van der Waals surface area contributed by atoms with Crippen LogP contribution in [0, 0.1) is 0 Å². The van der Waals surface area contributed by atoms with Crippen LogP contribution in [0.4, 0.5) is 11.6 Å². The van der Waals surface area contributed by atoms with Gasteiger partial charge in [0.25, 0.3) is 0 Å². The van der Waals surface area contributed by atoms with E-state index in [9.17, 15) is 8.42 Å². The number of aromatic nitrogens is 2. The van der Waals surface area contributed by atoms with Crippen molar-refractivity contribution in [2.75, 3.05) is 28.7 Å². The molecule has 0 amide bonds. The summed E-state index contributed by atoms with van der Waals surface area (Å²) in [6.45, 7) is 5.05. The van der Waals surface area contributed by atoms with Crippen LogP contribution in [0.1, 0.15) is 38.9 Å². The molecule has 0 aromatic carbocycles. The average molecular weight is 312 g/mol. The van der Waals surface area contributed by atoms with Crippen molar-refractivity contribution in [2.45, 2.75) is 45.6 Å². The summed E-state index contributed by atoms with van der Waals surface area (Å²) in [5.74, 6) is 2.77. The smallest absolute Gasteiger partial charge is 0.152 e. The fourth-order valence-electron chi connectivity index (χ4n) is 2.37. The molecule has 1 aliphatic rings. The van der Waals surface area contributed by atoms with E-state index in [0.717, 1.165) is 37.4 Å². The quantitative estimate of drug-likeness (QED) is 0.799. The van der Waals surface area contributed by atoms with E-state index in [1.54, 1.807) is 0 Å². The molecule has 118 valence electrons. The van der Waals surface area contributed by atoms with Gasteiger partial charge in [-0.1, -0.05) is 13.8 Å². The normalized spacial score (nSPS) is 20.4. The molecular weight excluding hydrogens is 288 g/mol. The minimum Gasteiger partial charge on any atom is -0.370 e. The van der Waals surface area contributed by atoms with E-state index in [2.05, 4.69) is 34.4 Å². The van der Waals surface area contributed by atoms with Gasteiger partial charge in [-0.15, -0.1) is 0 Å².